The molecule has 1 unspecified atom stereocenters. The second-order valence-electron chi connectivity index (χ2n) is 5.32. The van der Waals surface area contributed by atoms with E-state index in [1.165, 1.54) is 0 Å². The summed E-state index contributed by atoms with van der Waals surface area (Å²) in [5, 5.41) is 3.04. The third-order valence-corrected chi connectivity index (χ3v) is 3.84. The second kappa shape index (κ2) is 5.44. The van der Waals surface area contributed by atoms with Gasteiger partial charge in [-0.1, -0.05) is 0 Å². The highest BCUT2D eigenvalue weighted by molar-refractivity contribution is 9.10. The van der Waals surface area contributed by atoms with Crippen LogP contribution in [0.5, 0.6) is 0 Å². The molecule has 6 heteroatoms. The van der Waals surface area contributed by atoms with E-state index in [1.807, 2.05) is 30.0 Å². The van der Waals surface area contributed by atoms with E-state index in [1.54, 1.807) is 12.5 Å². The Morgan fingerprint density at radius 2 is 2.40 bits per heavy atom. The molecule has 20 heavy (non-hydrogen) atoms. The fourth-order valence-corrected chi connectivity index (χ4v) is 2.77. The van der Waals surface area contributed by atoms with Crippen LogP contribution in [0.1, 0.15) is 36.3 Å². The second-order valence-corrected chi connectivity index (χ2v) is 6.23. The number of hydrogen-bond donors (Lipinski definition) is 1. The summed E-state index contributed by atoms with van der Waals surface area (Å²) < 4.78 is 4.99. The zero-order chi connectivity index (χ0) is 14.1. The average Bonchev–Trinajstić information content (AvgIpc) is 2.98. The summed E-state index contributed by atoms with van der Waals surface area (Å²) in [4.78, 5) is 16.4. The van der Waals surface area contributed by atoms with Gasteiger partial charge in [0.1, 0.15) is 5.69 Å². The highest BCUT2D eigenvalue weighted by Crippen LogP contribution is 2.37. The first-order valence-corrected chi connectivity index (χ1v) is 7.57. The molecule has 1 atom stereocenters. The lowest BCUT2D eigenvalue weighted by molar-refractivity contribution is 0.0927. The van der Waals surface area contributed by atoms with Crippen molar-refractivity contribution in [2.45, 2.75) is 38.4 Å². The van der Waals surface area contributed by atoms with Gasteiger partial charge in [-0.15, -0.1) is 0 Å². The topological polar surface area (TPSA) is 51.9 Å². The summed E-state index contributed by atoms with van der Waals surface area (Å²) in [5.74, 6) is -0.0183. The van der Waals surface area contributed by atoms with E-state index >= 15 is 0 Å². The first-order valence-electron chi connectivity index (χ1n) is 6.77. The molecule has 2 aromatic rings. The zero-order valence-electron chi connectivity index (χ0n) is 11.3. The van der Waals surface area contributed by atoms with Gasteiger partial charge in [-0.05, 0) is 41.8 Å². The maximum atomic E-state index is 12.4. The third kappa shape index (κ3) is 2.95. The van der Waals surface area contributed by atoms with Crippen LogP contribution in [-0.4, -0.2) is 26.1 Å². The fraction of sp³-hybridized carbons (Fsp3) is 0.429. The first-order chi connectivity index (χ1) is 9.63. The lowest BCUT2D eigenvalue weighted by Crippen LogP contribution is -2.36. The quantitative estimate of drug-likeness (QED) is 0.912. The molecule has 0 radical (unpaired) electrons. The van der Waals surface area contributed by atoms with Gasteiger partial charge in [-0.25, -0.2) is 4.98 Å². The molecule has 0 aromatic carbocycles. The Balaban J connectivity index is 1.66. The Labute approximate surface area is 126 Å². The minimum Gasteiger partial charge on any atom is -0.347 e. The van der Waals surface area contributed by atoms with Gasteiger partial charge in [0.15, 0.2) is 0 Å². The molecular weight excluding hydrogens is 320 g/mol. The SMILES string of the molecule is CC(Cn1ccnc1)NC(=O)c1cc(Br)cn1C1CC1. The number of halogens is 1. The molecule has 1 saturated carbocycles. The van der Waals surface area contributed by atoms with E-state index in [0.717, 1.165) is 29.6 Å². The number of carbonyl (C=O) groups excluding carboxylic acids is 1. The van der Waals surface area contributed by atoms with Crippen LogP contribution in [0.2, 0.25) is 0 Å². The zero-order valence-corrected chi connectivity index (χ0v) is 12.9. The van der Waals surface area contributed by atoms with Crippen molar-refractivity contribution in [2.75, 3.05) is 0 Å². The van der Waals surface area contributed by atoms with E-state index in [-0.39, 0.29) is 11.9 Å². The summed E-state index contributed by atoms with van der Waals surface area (Å²) in [6.45, 7) is 2.72. The summed E-state index contributed by atoms with van der Waals surface area (Å²) >= 11 is 3.45. The van der Waals surface area contributed by atoms with Crippen molar-refractivity contribution in [1.82, 2.24) is 19.4 Å². The largest absolute Gasteiger partial charge is 0.347 e. The van der Waals surface area contributed by atoms with Gasteiger partial charge in [0.25, 0.3) is 5.91 Å². The van der Waals surface area contributed by atoms with Crippen LogP contribution >= 0.6 is 15.9 Å². The number of nitrogens with one attached hydrogen (secondary N) is 1. The van der Waals surface area contributed by atoms with Crippen LogP contribution in [0.15, 0.2) is 35.5 Å². The molecule has 5 nitrogen and oxygen atoms in total. The van der Waals surface area contributed by atoms with Gasteiger partial charge in [0.2, 0.25) is 0 Å². The Morgan fingerprint density at radius 1 is 1.60 bits per heavy atom. The van der Waals surface area contributed by atoms with E-state index in [2.05, 4.69) is 30.8 Å². The minimum atomic E-state index is -0.0183. The summed E-state index contributed by atoms with van der Waals surface area (Å²) in [7, 11) is 0. The number of carbonyl (C=O) groups is 1. The Morgan fingerprint density at radius 3 is 3.05 bits per heavy atom. The molecule has 0 saturated heterocycles. The van der Waals surface area contributed by atoms with E-state index in [0.29, 0.717) is 6.04 Å². The number of amides is 1. The number of aromatic nitrogens is 3. The number of nitrogens with zero attached hydrogens (tertiary/aromatic N) is 3. The fourth-order valence-electron chi connectivity index (χ4n) is 2.34. The number of hydrogen-bond acceptors (Lipinski definition) is 2. The molecule has 1 aliphatic rings. The van der Waals surface area contributed by atoms with Gasteiger partial charge < -0.3 is 14.5 Å². The molecule has 2 heterocycles. The van der Waals surface area contributed by atoms with E-state index in [4.69, 9.17) is 0 Å². The first kappa shape index (κ1) is 13.4. The van der Waals surface area contributed by atoms with Crippen LogP contribution in [0, 0.1) is 0 Å². The van der Waals surface area contributed by atoms with Crippen LogP contribution < -0.4 is 5.32 Å². The van der Waals surface area contributed by atoms with Crippen molar-refractivity contribution >= 4 is 21.8 Å². The van der Waals surface area contributed by atoms with Gasteiger partial charge >= 0.3 is 0 Å². The van der Waals surface area contributed by atoms with Gasteiger partial charge in [-0.3, -0.25) is 4.79 Å². The summed E-state index contributed by atoms with van der Waals surface area (Å²) in [6.07, 6.45) is 9.70. The Kier molecular flexibility index (Phi) is 3.65. The van der Waals surface area contributed by atoms with Gasteiger partial charge in [0, 0.05) is 41.7 Å². The predicted octanol–water partition coefficient (Wildman–Crippen LogP) is 2.60. The molecule has 0 aliphatic heterocycles. The summed E-state index contributed by atoms with van der Waals surface area (Å²) in [5.41, 5.74) is 0.733. The lowest BCUT2D eigenvalue weighted by Gasteiger charge is -2.15. The smallest absolute Gasteiger partial charge is 0.268 e. The number of imidazole rings is 1. The van der Waals surface area contributed by atoms with Crippen molar-refractivity contribution in [3.63, 3.8) is 0 Å². The summed E-state index contributed by atoms with van der Waals surface area (Å²) in [6, 6.07) is 2.43. The van der Waals surface area contributed by atoms with Gasteiger partial charge in [0.05, 0.1) is 6.33 Å². The third-order valence-electron chi connectivity index (χ3n) is 3.41. The lowest BCUT2D eigenvalue weighted by atomic mass is 10.3. The molecule has 0 spiro atoms. The van der Waals surface area contributed by atoms with Crippen molar-refractivity contribution in [1.29, 1.82) is 0 Å². The average molecular weight is 337 g/mol. The normalized spacial score (nSPS) is 16.1. The molecule has 1 aliphatic carbocycles. The van der Waals surface area contributed by atoms with Crippen LogP contribution in [0.3, 0.4) is 0 Å². The highest BCUT2D eigenvalue weighted by atomic mass is 79.9. The van der Waals surface area contributed by atoms with Crippen molar-refractivity contribution in [3.8, 4) is 0 Å². The van der Waals surface area contributed by atoms with Crippen molar-refractivity contribution in [2.24, 2.45) is 0 Å². The molecule has 0 bridgehead atoms. The maximum Gasteiger partial charge on any atom is 0.268 e. The number of rotatable bonds is 5. The van der Waals surface area contributed by atoms with Crippen LogP contribution in [-0.2, 0) is 6.54 Å². The molecule has 3 rings (SSSR count). The van der Waals surface area contributed by atoms with Crippen LogP contribution in [0.25, 0.3) is 0 Å². The predicted molar refractivity (Wildman–Crippen MR) is 79.6 cm³/mol. The maximum absolute atomic E-state index is 12.4. The van der Waals surface area contributed by atoms with Crippen molar-refractivity contribution < 1.29 is 4.79 Å². The molecule has 1 fully saturated rings. The van der Waals surface area contributed by atoms with E-state index in [9.17, 15) is 4.79 Å². The van der Waals surface area contributed by atoms with Crippen LogP contribution in [0.4, 0.5) is 0 Å². The molecule has 1 N–H and O–H groups in total. The minimum absolute atomic E-state index is 0.0183. The molecule has 106 valence electrons. The van der Waals surface area contributed by atoms with Gasteiger partial charge in [-0.2, -0.15) is 0 Å². The molecular formula is C14H17BrN4O. The van der Waals surface area contributed by atoms with E-state index < -0.39 is 0 Å². The monoisotopic (exact) mass is 336 g/mol. The molecule has 2 aromatic heterocycles. The Hall–Kier alpha value is -1.56. The highest BCUT2D eigenvalue weighted by Gasteiger charge is 2.28. The standard InChI is InChI=1S/C14H17BrN4O/c1-10(7-18-5-4-16-9-18)17-14(20)13-6-11(15)8-19(13)12-2-3-12/h4-6,8-10,12H,2-3,7H2,1H3,(H,17,20). The molecule has 1 amide bonds. The van der Waals surface area contributed by atoms with Crippen molar-refractivity contribution in [3.05, 3.63) is 41.2 Å². The Bertz CT molecular complexity index is 601.